The van der Waals surface area contributed by atoms with Crippen LogP contribution in [0, 0.1) is 11.3 Å². The lowest BCUT2D eigenvalue weighted by Crippen LogP contribution is -2.03. The molecule has 0 spiro atoms. The van der Waals surface area contributed by atoms with Crippen molar-refractivity contribution in [2.24, 2.45) is 0 Å². The van der Waals surface area contributed by atoms with Crippen LogP contribution in [-0.2, 0) is 9.53 Å². The molecular weight excluding hydrogens is 250 g/mol. The minimum atomic E-state index is -0.294. The highest BCUT2D eigenvalue weighted by atomic mass is 35.5. The molecule has 0 saturated carbocycles. The molecule has 94 valence electrons. The number of esters is 1. The average Bonchev–Trinajstić information content (AvgIpc) is 2.37. The smallest absolute Gasteiger partial charge is 0.306 e. The Labute approximate surface area is 112 Å². The van der Waals surface area contributed by atoms with Gasteiger partial charge in [-0.15, -0.1) is 0 Å². The minimum Gasteiger partial charge on any atom is -0.466 e. The van der Waals surface area contributed by atoms with Gasteiger partial charge in [0.1, 0.15) is 0 Å². The fourth-order valence-electron chi connectivity index (χ4n) is 1.41. The number of hydrogen-bond acceptors (Lipinski definition) is 3. The summed E-state index contributed by atoms with van der Waals surface area (Å²) in [6, 6.07) is 9.32. The van der Waals surface area contributed by atoms with E-state index in [1.54, 1.807) is 19.1 Å². The fraction of sp³-hybridized carbons (Fsp3) is 0.286. The van der Waals surface area contributed by atoms with Crippen molar-refractivity contribution in [2.75, 3.05) is 6.61 Å². The molecule has 4 heteroatoms. The van der Waals surface area contributed by atoms with E-state index in [9.17, 15) is 4.79 Å². The molecule has 0 aliphatic heterocycles. The highest BCUT2D eigenvalue weighted by molar-refractivity contribution is 6.32. The molecule has 0 heterocycles. The van der Waals surface area contributed by atoms with Crippen LogP contribution >= 0.6 is 11.6 Å². The number of ether oxygens (including phenoxy) is 1. The van der Waals surface area contributed by atoms with Crippen LogP contribution in [0.3, 0.4) is 0 Å². The van der Waals surface area contributed by atoms with E-state index in [-0.39, 0.29) is 12.4 Å². The monoisotopic (exact) mass is 263 g/mol. The molecule has 0 bridgehead atoms. The third kappa shape index (κ3) is 4.60. The Morgan fingerprint density at radius 1 is 1.44 bits per heavy atom. The SMILES string of the molecule is CCOC(=O)CC/C(C#N)=C/c1ccccc1Cl. The van der Waals surface area contributed by atoms with Gasteiger partial charge < -0.3 is 4.74 Å². The van der Waals surface area contributed by atoms with Gasteiger partial charge in [-0.05, 0) is 31.1 Å². The molecule has 0 aliphatic rings. The van der Waals surface area contributed by atoms with Crippen LogP contribution < -0.4 is 0 Å². The Morgan fingerprint density at radius 3 is 2.78 bits per heavy atom. The number of carbonyl (C=O) groups is 1. The van der Waals surface area contributed by atoms with Gasteiger partial charge in [-0.25, -0.2) is 0 Å². The summed E-state index contributed by atoms with van der Waals surface area (Å²) >= 11 is 5.99. The van der Waals surface area contributed by atoms with Gasteiger partial charge in [0.2, 0.25) is 0 Å². The summed E-state index contributed by atoms with van der Waals surface area (Å²) in [7, 11) is 0. The highest BCUT2D eigenvalue weighted by Crippen LogP contribution is 2.19. The Bertz CT molecular complexity index is 489. The predicted molar refractivity (Wildman–Crippen MR) is 70.9 cm³/mol. The van der Waals surface area contributed by atoms with Crippen molar-refractivity contribution < 1.29 is 9.53 Å². The molecule has 0 N–H and O–H groups in total. The summed E-state index contributed by atoms with van der Waals surface area (Å²) in [5.74, 6) is -0.294. The van der Waals surface area contributed by atoms with E-state index >= 15 is 0 Å². The van der Waals surface area contributed by atoms with Crippen LogP contribution in [0.4, 0.5) is 0 Å². The number of allylic oxidation sites excluding steroid dienone is 1. The first-order chi connectivity index (χ1) is 8.67. The predicted octanol–water partition coefficient (Wildman–Crippen LogP) is 3.59. The van der Waals surface area contributed by atoms with Crippen LogP contribution in [-0.4, -0.2) is 12.6 Å². The molecule has 3 nitrogen and oxygen atoms in total. The van der Waals surface area contributed by atoms with Crippen molar-refractivity contribution in [3.05, 3.63) is 40.4 Å². The Morgan fingerprint density at radius 2 is 2.17 bits per heavy atom. The first-order valence-corrected chi connectivity index (χ1v) is 6.06. The van der Waals surface area contributed by atoms with Crippen LogP contribution in [0.5, 0.6) is 0 Å². The maximum atomic E-state index is 11.2. The minimum absolute atomic E-state index is 0.206. The van der Waals surface area contributed by atoms with Gasteiger partial charge in [0.15, 0.2) is 0 Å². The van der Waals surface area contributed by atoms with E-state index in [2.05, 4.69) is 6.07 Å². The van der Waals surface area contributed by atoms with E-state index < -0.39 is 0 Å². The zero-order valence-corrected chi connectivity index (χ0v) is 10.9. The number of halogens is 1. The maximum absolute atomic E-state index is 11.2. The van der Waals surface area contributed by atoms with Gasteiger partial charge in [-0.3, -0.25) is 4.79 Å². The molecule has 1 aromatic carbocycles. The van der Waals surface area contributed by atoms with Crippen molar-refractivity contribution in [3.63, 3.8) is 0 Å². The summed E-state index contributed by atoms with van der Waals surface area (Å²) in [6.07, 6.45) is 2.26. The first kappa shape index (κ1) is 14.3. The van der Waals surface area contributed by atoms with E-state index in [1.807, 2.05) is 18.2 Å². The third-order valence-corrected chi connectivity index (χ3v) is 2.63. The second-order valence-electron chi connectivity index (χ2n) is 3.61. The van der Waals surface area contributed by atoms with Gasteiger partial charge in [-0.2, -0.15) is 5.26 Å². The quantitative estimate of drug-likeness (QED) is 0.602. The number of hydrogen-bond donors (Lipinski definition) is 0. The Balaban J connectivity index is 2.70. The van der Waals surface area contributed by atoms with Gasteiger partial charge in [0, 0.05) is 10.6 Å². The fourth-order valence-corrected chi connectivity index (χ4v) is 1.60. The van der Waals surface area contributed by atoms with Crippen LogP contribution in [0.1, 0.15) is 25.3 Å². The summed E-state index contributed by atoms with van der Waals surface area (Å²) in [4.78, 5) is 11.2. The van der Waals surface area contributed by atoms with Gasteiger partial charge >= 0.3 is 5.97 Å². The molecule has 1 aromatic rings. The molecule has 0 fully saturated rings. The second kappa shape index (κ2) is 7.52. The molecule has 0 saturated heterocycles. The lowest BCUT2D eigenvalue weighted by atomic mass is 10.1. The molecule has 0 aliphatic carbocycles. The van der Waals surface area contributed by atoms with Gasteiger partial charge in [0.25, 0.3) is 0 Å². The third-order valence-electron chi connectivity index (χ3n) is 2.28. The normalized spacial score (nSPS) is 10.8. The molecular formula is C14H14ClNO2. The van der Waals surface area contributed by atoms with Gasteiger partial charge in [-0.1, -0.05) is 29.8 Å². The molecule has 18 heavy (non-hydrogen) atoms. The molecule has 0 amide bonds. The molecule has 0 aromatic heterocycles. The standard InChI is InChI=1S/C14H14ClNO2/c1-2-18-14(17)8-7-11(10-16)9-12-5-3-4-6-13(12)15/h3-6,9H,2,7-8H2,1H3/b11-9-. The molecule has 0 atom stereocenters. The van der Waals surface area contributed by atoms with E-state index in [0.29, 0.717) is 23.6 Å². The van der Waals surface area contributed by atoms with Crippen LogP contribution in [0.2, 0.25) is 5.02 Å². The lowest BCUT2D eigenvalue weighted by molar-refractivity contribution is -0.143. The van der Waals surface area contributed by atoms with Gasteiger partial charge in [0.05, 0.1) is 19.1 Å². The highest BCUT2D eigenvalue weighted by Gasteiger charge is 2.05. The van der Waals surface area contributed by atoms with E-state index in [4.69, 9.17) is 21.6 Å². The van der Waals surface area contributed by atoms with Crippen molar-refractivity contribution in [2.45, 2.75) is 19.8 Å². The van der Waals surface area contributed by atoms with E-state index in [1.165, 1.54) is 0 Å². The van der Waals surface area contributed by atoms with Crippen molar-refractivity contribution in [3.8, 4) is 6.07 Å². The molecule has 1 rings (SSSR count). The number of rotatable bonds is 5. The zero-order valence-electron chi connectivity index (χ0n) is 10.1. The average molecular weight is 264 g/mol. The summed E-state index contributed by atoms with van der Waals surface area (Å²) < 4.78 is 4.81. The number of nitriles is 1. The Kier molecular flexibility index (Phi) is 5.96. The number of carbonyl (C=O) groups excluding carboxylic acids is 1. The summed E-state index contributed by atoms with van der Waals surface area (Å²) in [6.45, 7) is 2.11. The van der Waals surface area contributed by atoms with Crippen molar-refractivity contribution >= 4 is 23.6 Å². The summed E-state index contributed by atoms with van der Waals surface area (Å²) in [5, 5.41) is 9.59. The van der Waals surface area contributed by atoms with E-state index in [0.717, 1.165) is 5.56 Å². The number of benzene rings is 1. The number of nitrogens with zero attached hydrogens (tertiary/aromatic N) is 1. The lowest BCUT2D eigenvalue weighted by Gasteiger charge is -2.02. The Hall–Kier alpha value is -1.79. The van der Waals surface area contributed by atoms with Crippen molar-refractivity contribution in [1.82, 2.24) is 0 Å². The zero-order chi connectivity index (χ0) is 13.4. The topological polar surface area (TPSA) is 50.1 Å². The van der Waals surface area contributed by atoms with Crippen molar-refractivity contribution in [1.29, 1.82) is 5.26 Å². The largest absolute Gasteiger partial charge is 0.466 e. The summed E-state index contributed by atoms with van der Waals surface area (Å²) in [5.41, 5.74) is 1.29. The maximum Gasteiger partial charge on any atom is 0.306 e. The van der Waals surface area contributed by atoms with Crippen LogP contribution in [0.15, 0.2) is 29.8 Å². The van der Waals surface area contributed by atoms with Crippen LogP contribution in [0.25, 0.3) is 6.08 Å². The molecule has 0 radical (unpaired) electrons. The molecule has 0 unspecified atom stereocenters. The first-order valence-electron chi connectivity index (χ1n) is 5.68. The second-order valence-corrected chi connectivity index (χ2v) is 4.02.